The highest BCUT2D eigenvalue weighted by atomic mass is 16.5. The van der Waals surface area contributed by atoms with Crippen molar-refractivity contribution in [2.24, 2.45) is 10.7 Å². The van der Waals surface area contributed by atoms with Crippen LogP contribution in [-0.2, 0) is 0 Å². The Balaban J connectivity index is 2.02. The minimum absolute atomic E-state index is 0.395. The standard InChI is InChI=1S/C19H21N3O2/c1-3-4-5-6-7-17-21-19-16(12-13-24-19)18(20)22(17)14-8-10-15(23-2)11-9-14/h8-13,17H,3-5,20H2,1-2H3. The Morgan fingerprint density at radius 1 is 1.29 bits per heavy atom. The predicted molar refractivity (Wildman–Crippen MR) is 93.6 cm³/mol. The Morgan fingerprint density at radius 3 is 2.79 bits per heavy atom. The van der Waals surface area contributed by atoms with Gasteiger partial charge in [-0.3, -0.25) is 4.90 Å². The zero-order valence-electron chi connectivity index (χ0n) is 14.0. The third-order valence-electron chi connectivity index (χ3n) is 3.90. The summed E-state index contributed by atoms with van der Waals surface area (Å²) in [7, 11) is 1.64. The van der Waals surface area contributed by atoms with Crippen molar-refractivity contribution in [3.8, 4) is 17.6 Å². The first-order valence-electron chi connectivity index (χ1n) is 8.07. The van der Waals surface area contributed by atoms with Gasteiger partial charge in [0, 0.05) is 12.1 Å². The summed E-state index contributed by atoms with van der Waals surface area (Å²) >= 11 is 0. The van der Waals surface area contributed by atoms with E-state index in [1.54, 1.807) is 13.4 Å². The van der Waals surface area contributed by atoms with E-state index in [-0.39, 0.29) is 0 Å². The molecule has 1 aromatic carbocycles. The molecule has 0 saturated carbocycles. The Bertz CT molecular complexity index is 872. The number of rotatable bonds is 4. The largest absolute Gasteiger partial charge is 0.497 e. The van der Waals surface area contributed by atoms with Crippen LogP contribution in [0.3, 0.4) is 0 Å². The fourth-order valence-electron chi connectivity index (χ4n) is 2.58. The lowest BCUT2D eigenvalue weighted by Gasteiger charge is -2.29. The van der Waals surface area contributed by atoms with Gasteiger partial charge in [0.25, 0.3) is 0 Å². The van der Waals surface area contributed by atoms with Crippen LogP contribution >= 0.6 is 0 Å². The minimum Gasteiger partial charge on any atom is -0.497 e. The molecule has 5 heteroatoms. The maximum atomic E-state index is 6.38. The molecule has 0 spiro atoms. The monoisotopic (exact) mass is 323 g/mol. The molecule has 24 heavy (non-hydrogen) atoms. The van der Waals surface area contributed by atoms with E-state index in [9.17, 15) is 0 Å². The molecule has 3 rings (SSSR count). The molecule has 5 nitrogen and oxygen atoms in total. The number of nitrogens with zero attached hydrogens (tertiary/aromatic N) is 2. The molecule has 2 aromatic rings. The fraction of sp³-hybridized carbons (Fsp3) is 0.316. The Labute approximate surface area is 141 Å². The third kappa shape index (κ3) is 3.09. The smallest absolute Gasteiger partial charge is 0.227 e. The zero-order valence-corrected chi connectivity index (χ0v) is 14.0. The minimum atomic E-state index is -0.395. The third-order valence-corrected chi connectivity index (χ3v) is 3.90. The molecule has 2 N–H and O–H groups in total. The first kappa shape index (κ1) is 16.0. The molecular formula is C19H21N3O2. The van der Waals surface area contributed by atoms with Crippen molar-refractivity contribution in [3.05, 3.63) is 47.4 Å². The van der Waals surface area contributed by atoms with E-state index >= 15 is 0 Å². The van der Waals surface area contributed by atoms with E-state index in [0.29, 0.717) is 11.4 Å². The van der Waals surface area contributed by atoms with E-state index in [2.05, 4.69) is 23.8 Å². The van der Waals surface area contributed by atoms with Crippen LogP contribution in [0, 0.1) is 11.8 Å². The summed E-state index contributed by atoms with van der Waals surface area (Å²) in [6.07, 6.45) is 4.25. The molecule has 0 aliphatic carbocycles. The van der Waals surface area contributed by atoms with Crippen molar-refractivity contribution in [3.63, 3.8) is 0 Å². The van der Waals surface area contributed by atoms with Crippen molar-refractivity contribution in [1.82, 2.24) is 0 Å². The summed E-state index contributed by atoms with van der Waals surface area (Å²) in [5.74, 6) is 7.80. The van der Waals surface area contributed by atoms with Crippen molar-refractivity contribution in [2.75, 3.05) is 12.0 Å². The quantitative estimate of drug-likeness (QED) is 0.690. The van der Waals surface area contributed by atoms with Crippen molar-refractivity contribution in [1.29, 1.82) is 0 Å². The van der Waals surface area contributed by atoms with Crippen LogP contribution in [-0.4, -0.2) is 13.3 Å². The molecule has 1 aliphatic rings. The van der Waals surface area contributed by atoms with E-state index in [4.69, 9.17) is 14.9 Å². The van der Waals surface area contributed by atoms with Crippen LogP contribution in [0.15, 0.2) is 46.0 Å². The normalized spacial score (nSPS) is 16.0. The number of ether oxygens (including phenoxy) is 1. The Kier molecular flexibility index (Phi) is 4.76. The molecule has 0 fully saturated rings. The fourth-order valence-corrected chi connectivity index (χ4v) is 2.58. The highest BCUT2D eigenvalue weighted by Gasteiger charge is 2.24. The molecule has 0 radical (unpaired) electrons. The lowest BCUT2D eigenvalue weighted by molar-refractivity contribution is 0.415. The predicted octanol–water partition coefficient (Wildman–Crippen LogP) is 1.97. The van der Waals surface area contributed by atoms with Crippen molar-refractivity contribution >= 4 is 11.5 Å². The van der Waals surface area contributed by atoms with Crippen molar-refractivity contribution < 1.29 is 9.15 Å². The summed E-state index contributed by atoms with van der Waals surface area (Å²) in [6.45, 7) is 2.15. The number of fused-ring (bicyclic) bond motifs is 1. The number of methoxy groups -OCH3 is 1. The Morgan fingerprint density at radius 2 is 2.08 bits per heavy atom. The number of benzene rings is 1. The summed E-state index contributed by atoms with van der Waals surface area (Å²) in [5.41, 5.74) is 7.83. The van der Waals surface area contributed by atoms with Crippen LogP contribution in [0.4, 0.5) is 5.69 Å². The molecule has 1 atom stereocenters. The molecule has 0 bridgehead atoms. The van der Waals surface area contributed by atoms with Gasteiger partial charge in [0.15, 0.2) is 6.17 Å². The van der Waals surface area contributed by atoms with Gasteiger partial charge in [0.2, 0.25) is 5.55 Å². The van der Waals surface area contributed by atoms with E-state index < -0.39 is 6.17 Å². The van der Waals surface area contributed by atoms with Gasteiger partial charge in [0.1, 0.15) is 11.6 Å². The molecule has 0 saturated heterocycles. The molecular weight excluding hydrogens is 302 g/mol. The van der Waals surface area contributed by atoms with E-state index in [1.807, 2.05) is 35.2 Å². The number of anilines is 1. The van der Waals surface area contributed by atoms with Gasteiger partial charge in [-0.05, 0) is 36.8 Å². The number of hydrogen-bond donors (Lipinski definition) is 1. The highest BCUT2D eigenvalue weighted by Crippen LogP contribution is 2.24. The molecule has 1 aliphatic heterocycles. The van der Waals surface area contributed by atoms with Crippen LogP contribution in [0.2, 0.25) is 0 Å². The topological polar surface area (TPSA) is 64.0 Å². The van der Waals surface area contributed by atoms with Crippen LogP contribution < -0.4 is 26.1 Å². The first-order valence-corrected chi connectivity index (χ1v) is 8.07. The van der Waals surface area contributed by atoms with Gasteiger partial charge in [-0.1, -0.05) is 25.2 Å². The second-order valence-electron chi connectivity index (χ2n) is 5.52. The second-order valence-corrected chi connectivity index (χ2v) is 5.52. The average molecular weight is 323 g/mol. The molecule has 2 heterocycles. The molecule has 124 valence electrons. The summed E-state index contributed by atoms with van der Waals surface area (Å²) < 4.78 is 10.6. The zero-order chi connectivity index (χ0) is 16.9. The van der Waals surface area contributed by atoms with Gasteiger partial charge in [-0.25, -0.2) is 4.99 Å². The van der Waals surface area contributed by atoms with Gasteiger partial charge in [-0.15, -0.1) is 0 Å². The summed E-state index contributed by atoms with van der Waals surface area (Å²) in [5, 5.41) is 0.789. The first-order chi connectivity index (χ1) is 11.7. The molecule has 0 amide bonds. The average Bonchev–Trinajstić information content (AvgIpc) is 3.08. The maximum Gasteiger partial charge on any atom is 0.227 e. The number of hydrogen-bond acceptors (Lipinski definition) is 5. The van der Waals surface area contributed by atoms with Gasteiger partial charge < -0.3 is 14.9 Å². The van der Waals surface area contributed by atoms with Crippen LogP contribution in [0.5, 0.6) is 5.75 Å². The number of furan rings is 1. The van der Waals surface area contributed by atoms with Gasteiger partial charge in [-0.2, -0.15) is 0 Å². The van der Waals surface area contributed by atoms with Crippen LogP contribution in [0.1, 0.15) is 26.2 Å². The SMILES string of the molecule is CCCCC#CC1N=c2occc2=C(N)N1c1ccc(OC)cc1. The number of unbranched alkanes of at least 4 members (excludes halogenated alkanes) is 2. The lowest BCUT2D eigenvalue weighted by Crippen LogP contribution is -2.47. The van der Waals surface area contributed by atoms with E-state index in [1.165, 1.54) is 0 Å². The van der Waals surface area contributed by atoms with Crippen LogP contribution in [0.25, 0.3) is 5.82 Å². The van der Waals surface area contributed by atoms with Gasteiger partial charge >= 0.3 is 0 Å². The molecule has 1 unspecified atom stereocenters. The summed E-state index contributed by atoms with van der Waals surface area (Å²) in [4.78, 5) is 6.53. The van der Waals surface area contributed by atoms with E-state index in [0.717, 1.165) is 35.9 Å². The number of nitrogens with two attached hydrogens (primary N) is 1. The lowest BCUT2D eigenvalue weighted by atomic mass is 10.2. The summed E-state index contributed by atoms with van der Waals surface area (Å²) in [6, 6.07) is 9.52. The highest BCUT2D eigenvalue weighted by molar-refractivity contribution is 5.69. The maximum absolute atomic E-state index is 6.38. The second kappa shape index (κ2) is 7.14. The molecule has 1 aromatic heterocycles. The van der Waals surface area contributed by atoms with Gasteiger partial charge in [0.05, 0.1) is 18.6 Å². The Hall–Kier alpha value is -2.87. The van der Waals surface area contributed by atoms with Crippen molar-refractivity contribution in [2.45, 2.75) is 32.4 Å².